The standard InChI is InChI=1S/C12H10BrNO2S/c1-7-2-3-8(6-10(7)15)14-12(16)11-9(13)4-5-17-11/h2-6,15H,1H3,(H,14,16). The monoisotopic (exact) mass is 311 g/mol. The van der Waals surface area contributed by atoms with Crippen molar-refractivity contribution in [1.82, 2.24) is 0 Å². The van der Waals surface area contributed by atoms with Gasteiger partial charge < -0.3 is 10.4 Å². The highest BCUT2D eigenvalue weighted by atomic mass is 79.9. The molecule has 0 unspecified atom stereocenters. The van der Waals surface area contributed by atoms with E-state index in [2.05, 4.69) is 21.2 Å². The lowest BCUT2D eigenvalue weighted by atomic mass is 10.2. The summed E-state index contributed by atoms with van der Waals surface area (Å²) in [6.07, 6.45) is 0. The van der Waals surface area contributed by atoms with E-state index >= 15 is 0 Å². The van der Waals surface area contributed by atoms with Crippen LogP contribution in [0.3, 0.4) is 0 Å². The van der Waals surface area contributed by atoms with Crippen molar-refractivity contribution in [2.24, 2.45) is 0 Å². The Labute approximate surface area is 111 Å². The SMILES string of the molecule is Cc1ccc(NC(=O)c2sccc2Br)cc1O. The highest BCUT2D eigenvalue weighted by molar-refractivity contribution is 9.10. The van der Waals surface area contributed by atoms with Crippen LogP contribution >= 0.6 is 27.3 Å². The first kappa shape index (κ1) is 12.1. The molecule has 5 heteroatoms. The van der Waals surface area contributed by atoms with Gasteiger partial charge in [0.1, 0.15) is 10.6 Å². The molecule has 3 nitrogen and oxygen atoms in total. The average molecular weight is 312 g/mol. The van der Waals surface area contributed by atoms with Crippen LogP contribution in [0.5, 0.6) is 5.75 Å². The van der Waals surface area contributed by atoms with Crippen molar-refractivity contribution in [2.75, 3.05) is 5.32 Å². The van der Waals surface area contributed by atoms with Gasteiger partial charge in [-0.15, -0.1) is 11.3 Å². The van der Waals surface area contributed by atoms with E-state index in [4.69, 9.17) is 0 Å². The Kier molecular flexibility index (Phi) is 3.49. The molecule has 88 valence electrons. The second kappa shape index (κ2) is 4.89. The Balaban J connectivity index is 2.19. The van der Waals surface area contributed by atoms with E-state index in [9.17, 15) is 9.90 Å². The van der Waals surface area contributed by atoms with Crippen molar-refractivity contribution in [3.8, 4) is 5.75 Å². The second-order valence-electron chi connectivity index (χ2n) is 3.55. The molecule has 1 aromatic heterocycles. The highest BCUT2D eigenvalue weighted by Crippen LogP contribution is 2.25. The van der Waals surface area contributed by atoms with Crippen molar-refractivity contribution >= 4 is 38.9 Å². The Morgan fingerprint density at radius 1 is 1.41 bits per heavy atom. The molecular formula is C12H10BrNO2S. The number of phenols is 1. The predicted octanol–water partition coefficient (Wildman–Crippen LogP) is 3.78. The molecule has 0 atom stereocenters. The lowest BCUT2D eigenvalue weighted by Crippen LogP contribution is -2.10. The number of aryl methyl sites for hydroxylation is 1. The molecule has 2 aromatic rings. The molecule has 1 heterocycles. The van der Waals surface area contributed by atoms with Crippen molar-refractivity contribution < 1.29 is 9.90 Å². The third-order valence-corrected chi connectivity index (χ3v) is 4.13. The van der Waals surface area contributed by atoms with Crippen LogP contribution in [0, 0.1) is 6.92 Å². The Morgan fingerprint density at radius 3 is 2.76 bits per heavy atom. The van der Waals surface area contributed by atoms with Crippen LogP contribution in [0.1, 0.15) is 15.2 Å². The van der Waals surface area contributed by atoms with Crippen LogP contribution in [0.25, 0.3) is 0 Å². The van der Waals surface area contributed by atoms with Gasteiger partial charge in [0.25, 0.3) is 5.91 Å². The van der Waals surface area contributed by atoms with Gasteiger partial charge >= 0.3 is 0 Å². The van der Waals surface area contributed by atoms with Gasteiger partial charge in [-0.1, -0.05) is 6.07 Å². The predicted molar refractivity (Wildman–Crippen MR) is 72.8 cm³/mol. The maximum atomic E-state index is 11.9. The minimum atomic E-state index is -0.185. The Bertz CT molecular complexity index is 565. The molecule has 17 heavy (non-hydrogen) atoms. The summed E-state index contributed by atoms with van der Waals surface area (Å²) in [5.41, 5.74) is 1.36. The first-order chi connectivity index (χ1) is 8.08. The maximum Gasteiger partial charge on any atom is 0.266 e. The molecule has 0 aliphatic heterocycles. The smallest absolute Gasteiger partial charge is 0.266 e. The van der Waals surface area contributed by atoms with Crippen LogP contribution in [0.15, 0.2) is 34.1 Å². The normalized spacial score (nSPS) is 10.2. The zero-order chi connectivity index (χ0) is 12.4. The second-order valence-corrected chi connectivity index (χ2v) is 5.32. The summed E-state index contributed by atoms with van der Waals surface area (Å²) in [6, 6.07) is 6.88. The minimum Gasteiger partial charge on any atom is -0.508 e. The van der Waals surface area contributed by atoms with Gasteiger partial charge in [-0.3, -0.25) is 4.79 Å². The van der Waals surface area contributed by atoms with Crippen molar-refractivity contribution in [3.05, 3.63) is 44.6 Å². The number of thiophene rings is 1. The maximum absolute atomic E-state index is 11.9. The largest absolute Gasteiger partial charge is 0.508 e. The van der Waals surface area contributed by atoms with Crippen molar-refractivity contribution in [1.29, 1.82) is 0 Å². The topological polar surface area (TPSA) is 49.3 Å². The number of benzene rings is 1. The summed E-state index contributed by atoms with van der Waals surface area (Å²) in [6.45, 7) is 1.80. The number of aromatic hydroxyl groups is 1. The van der Waals surface area contributed by atoms with Crippen LogP contribution in [-0.4, -0.2) is 11.0 Å². The third-order valence-electron chi connectivity index (χ3n) is 2.29. The highest BCUT2D eigenvalue weighted by Gasteiger charge is 2.11. The zero-order valence-electron chi connectivity index (χ0n) is 9.03. The number of anilines is 1. The number of hydrogen-bond acceptors (Lipinski definition) is 3. The van der Waals surface area contributed by atoms with Crippen LogP contribution in [-0.2, 0) is 0 Å². The summed E-state index contributed by atoms with van der Waals surface area (Å²) >= 11 is 4.67. The van der Waals surface area contributed by atoms with Gasteiger partial charge in [-0.2, -0.15) is 0 Å². The zero-order valence-corrected chi connectivity index (χ0v) is 11.4. The van der Waals surface area contributed by atoms with E-state index < -0.39 is 0 Å². The van der Waals surface area contributed by atoms with E-state index in [1.807, 2.05) is 11.4 Å². The van der Waals surface area contributed by atoms with Gasteiger partial charge in [-0.25, -0.2) is 0 Å². The molecule has 1 amide bonds. The van der Waals surface area contributed by atoms with E-state index in [0.29, 0.717) is 10.6 Å². The average Bonchev–Trinajstić information content (AvgIpc) is 2.70. The molecule has 0 aliphatic carbocycles. The molecule has 0 spiro atoms. The molecule has 0 saturated heterocycles. The lowest BCUT2D eigenvalue weighted by molar-refractivity contribution is 0.103. The van der Waals surface area contributed by atoms with Gasteiger partial charge in [0.05, 0.1) is 0 Å². The number of amides is 1. The molecule has 2 N–H and O–H groups in total. The van der Waals surface area contributed by atoms with Crippen LogP contribution in [0.4, 0.5) is 5.69 Å². The number of phenolic OH excluding ortho intramolecular Hbond substituents is 1. The first-order valence-corrected chi connectivity index (χ1v) is 6.59. The van der Waals surface area contributed by atoms with E-state index in [-0.39, 0.29) is 11.7 Å². The Morgan fingerprint density at radius 2 is 2.18 bits per heavy atom. The molecule has 0 bridgehead atoms. The summed E-state index contributed by atoms with van der Waals surface area (Å²) in [7, 11) is 0. The van der Waals surface area contributed by atoms with Crippen LogP contribution < -0.4 is 5.32 Å². The molecule has 0 radical (unpaired) electrons. The lowest BCUT2D eigenvalue weighted by Gasteiger charge is -2.06. The van der Waals surface area contributed by atoms with Crippen molar-refractivity contribution in [3.63, 3.8) is 0 Å². The fraction of sp³-hybridized carbons (Fsp3) is 0.0833. The van der Waals surface area contributed by atoms with Gasteiger partial charge in [0, 0.05) is 16.2 Å². The van der Waals surface area contributed by atoms with E-state index in [0.717, 1.165) is 10.0 Å². The summed E-state index contributed by atoms with van der Waals surface area (Å²) < 4.78 is 0.774. The van der Waals surface area contributed by atoms with Crippen molar-refractivity contribution in [2.45, 2.75) is 6.92 Å². The van der Waals surface area contributed by atoms with Gasteiger partial charge in [0.15, 0.2) is 0 Å². The number of carbonyl (C=O) groups excluding carboxylic acids is 1. The van der Waals surface area contributed by atoms with E-state index in [1.165, 1.54) is 17.4 Å². The fourth-order valence-corrected chi connectivity index (χ4v) is 2.78. The minimum absolute atomic E-state index is 0.174. The number of nitrogens with one attached hydrogen (secondary N) is 1. The number of rotatable bonds is 2. The molecule has 2 rings (SSSR count). The number of carbonyl (C=O) groups is 1. The number of hydrogen-bond donors (Lipinski definition) is 2. The van der Waals surface area contributed by atoms with Gasteiger partial charge in [0.2, 0.25) is 0 Å². The molecule has 0 aliphatic rings. The van der Waals surface area contributed by atoms with Crippen LogP contribution in [0.2, 0.25) is 0 Å². The third kappa shape index (κ3) is 2.68. The van der Waals surface area contributed by atoms with E-state index in [1.54, 1.807) is 19.1 Å². The summed E-state index contributed by atoms with van der Waals surface area (Å²) in [5.74, 6) is -0.0110. The fourth-order valence-electron chi connectivity index (χ4n) is 1.33. The summed E-state index contributed by atoms with van der Waals surface area (Å²) in [5, 5.41) is 14.1. The Hall–Kier alpha value is -1.33. The first-order valence-electron chi connectivity index (χ1n) is 4.92. The number of halogens is 1. The molecular weight excluding hydrogens is 302 g/mol. The molecule has 0 fully saturated rings. The quantitative estimate of drug-likeness (QED) is 0.886. The van der Waals surface area contributed by atoms with Gasteiger partial charge in [-0.05, 0) is 45.9 Å². The molecule has 1 aromatic carbocycles. The summed E-state index contributed by atoms with van der Waals surface area (Å²) in [4.78, 5) is 12.5. The molecule has 0 saturated carbocycles.